The van der Waals surface area contributed by atoms with Gasteiger partial charge < -0.3 is 19.9 Å². The zero-order valence-corrected chi connectivity index (χ0v) is 21.0. The molecule has 5 rings (SSSR count). The van der Waals surface area contributed by atoms with E-state index < -0.39 is 0 Å². The maximum atomic E-state index is 13.9. The number of likely N-dealkylation sites (tertiary alicyclic amines) is 1. The van der Waals surface area contributed by atoms with Crippen molar-refractivity contribution >= 4 is 22.7 Å². The van der Waals surface area contributed by atoms with Gasteiger partial charge in [0.1, 0.15) is 5.69 Å². The summed E-state index contributed by atoms with van der Waals surface area (Å²) in [5.74, 6) is -0.121. The molecular weight excluding hydrogens is 462 g/mol. The Hall–Kier alpha value is -3.90. The summed E-state index contributed by atoms with van der Waals surface area (Å²) in [5, 5.41) is 14.1. The molecule has 0 atom stereocenters. The number of nitrogens with zero attached hydrogens (tertiary/aromatic N) is 2. The van der Waals surface area contributed by atoms with Crippen molar-refractivity contribution in [3.63, 3.8) is 0 Å². The van der Waals surface area contributed by atoms with Crippen LogP contribution in [0.1, 0.15) is 52.4 Å². The highest BCUT2D eigenvalue weighted by atomic mass is 16.3. The molecule has 0 saturated carbocycles. The summed E-state index contributed by atoms with van der Waals surface area (Å²) in [7, 11) is 0. The minimum atomic E-state index is -0.163. The van der Waals surface area contributed by atoms with Crippen LogP contribution in [0.25, 0.3) is 10.9 Å². The number of amides is 2. The number of aliphatic hydroxyl groups excluding tert-OH is 1. The molecule has 0 radical (unpaired) electrons. The summed E-state index contributed by atoms with van der Waals surface area (Å²) in [4.78, 5) is 27.7. The average Bonchev–Trinajstić information content (AvgIpc) is 3.49. The van der Waals surface area contributed by atoms with Gasteiger partial charge in [-0.05, 0) is 30.0 Å². The van der Waals surface area contributed by atoms with E-state index in [9.17, 15) is 14.7 Å². The molecular formula is C31H33N3O3. The van der Waals surface area contributed by atoms with E-state index in [4.69, 9.17) is 0 Å². The third-order valence-electron chi connectivity index (χ3n) is 7.16. The van der Waals surface area contributed by atoms with Gasteiger partial charge in [-0.3, -0.25) is 9.59 Å². The van der Waals surface area contributed by atoms with Crippen LogP contribution < -0.4 is 5.32 Å². The molecule has 190 valence electrons. The molecule has 0 bridgehead atoms. The maximum absolute atomic E-state index is 13.9. The Morgan fingerprint density at radius 1 is 0.892 bits per heavy atom. The lowest BCUT2D eigenvalue weighted by atomic mass is 9.83. The van der Waals surface area contributed by atoms with Crippen LogP contribution >= 0.6 is 0 Å². The molecule has 1 fully saturated rings. The van der Waals surface area contributed by atoms with Crippen molar-refractivity contribution < 1.29 is 14.7 Å². The lowest BCUT2D eigenvalue weighted by Gasteiger charge is -2.21. The van der Waals surface area contributed by atoms with E-state index in [1.807, 2.05) is 64.1 Å². The first-order valence-electron chi connectivity index (χ1n) is 13.1. The monoisotopic (exact) mass is 495 g/mol. The highest BCUT2D eigenvalue weighted by Crippen LogP contribution is 2.40. The Bertz CT molecular complexity index is 1330. The molecule has 4 aromatic rings. The summed E-state index contributed by atoms with van der Waals surface area (Å²) >= 11 is 0. The van der Waals surface area contributed by atoms with Gasteiger partial charge in [-0.25, -0.2) is 0 Å². The lowest BCUT2D eigenvalue weighted by Crippen LogP contribution is -2.32. The van der Waals surface area contributed by atoms with Crippen LogP contribution in [-0.4, -0.2) is 52.6 Å². The number of carbonyl (C=O) groups excluding carboxylic acids is 2. The maximum Gasteiger partial charge on any atom is 0.268 e. The molecule has 6 heteroatoms. The topological polar surface area (TPSA) is 74.6 Å². The molecule has 0 unspecified atom stereocenters. The van der Waals surface area contributed by atoms with Crippen LogP contribution in [0.4, 0.5) is 0 Å². The van der Waals surface area contributed by atoms with Crippen molar-refractivity contribution in [2.24, 2.45) is 0 Å². The SMILES string of the molecule is O=C(NCCCN1CCCC1=O)c1c(C(c2ccccc2)c2ccccc2)c2ccccc2n1CCO. The van der Waals surface area contributed by atoms with Crippen LogP contribution in [0.3, 0.4) is 0 Å². The first-order chi connectivity index (χ1) is 18.2. The summed E-state index contributed by atoms with van der Waals surface area (Å²) in [6.45, 7) is 2.18. The van der Waals surface area contributed by atoms with Gasteiger partial charge in [0.25, 0.3) is 5.91 Å². The second-order valence-electron chi connectivity index (χ2n) is 9.50. The number of hydrogen-bond acceptors (Lipinski definition) is 3. The van der Waals surface area contributed by atoms with Crippen molar-refractivity contribution in [1.29, 1.82) is 0 Å². The predicted octanol–water partition coefficient (Wildman–Crippen LogP) is 4.56. The average molecular weight is 496 g/mol. The van der Waals surface area contributed by atoms with Crippen molar-refractivity contribution in [2.75, 3.05) is 26.2 Å². The number of fused-ring (bicyclic) bond motifs is 1. The Kier molecular flexibility index (Phi) is 7.66. The number of aromatic nitrogens is 1. The lowest BCUT2D eigenvalue weighted by molar-refractivity contribution is -0.127. The van der Waals surface area contributed by atoms with Crippen LogP contribution in [-0.2, 0) is 11.3 Å². The zero-order valence-electron chi connectivity index (χ0n) is 21.0. The van der Waals surface area contributed by atoms with E-state index in [1.165, 1.54) is 0 Å². The number of hydrogen-bond donors (Lipinski definition) is 2. The van der Waals surface area contributed by atoms with E-state index in [1.54, 1.807) is 0 Å². The molecule has 37 heavy (non-hydrogen) atoms. The second kappa shape index (κ2) is 11.4. The van der Waals surface area contributed by atoms with Gasteiger partial charge in [0.05, 0.1) is 6.61 Å². The molecule has 1 aromatic heterocycles. The van der Waals surface area contributed by atoms with Crippen LogP contribution in [0.2, 0.25) is 0 Å². The van der Waals surface area contributed by atoms with E-state index in [2.05, 4.69) is 35.6 Å². The number of benzene rings is 3. The van der Waals surface area contributed by atoms with E-state index in [0.29, 0.717) is 38.2 Å². The zero-order chi connectivity index (χ0) is 25.6. The smallest absolute Gasteiger partial charge is 0.268 e. The predicted molar refractivity (Wildman–Crippen MR) is 146 cm³/mol. The van der Waals surface area contributed by atoms with Crippen molar-refractivity contribution in [1.82, 2.24) is 14.8 Å². The molecule has 2 heterocycles. The van der Waals surface area contributed by atoms with Crippen molar-refractivity contribution in [3.05, 3.63) is 107 Å². The first-order valence-corrected chi connectivity index (χ1v) is 13.1. The molecule has 3 aromatic carbocycles. The van der Waals surface area contributed by atoms with E-state index in [0.717, 1.165) is 40.6 Å². The second-order valence-corrected chi connectivity index (χ2v) is 9.50. The summed E-state index contributed by atoms with van der Waals surface area (Å²) in [5.41, 5.74) is 4.64. The fraction of sp³-hybridized carbons (Fsp3) is 0.290. The van der Waals surface area contributed by atoms with Gasteiger partial charge in [0.2, 0.25) is 5.91 Å². The molecule has 2 N–H and O–H groups in total. The molecule has 6 nitrogen and oxygen atoms in total. The van der Waals surface area contributed by atoms with E-state index >= 15 is 0 Å². The van der Waals surface area contributed by atoms with Crippen LogP contribution in [0.5, 0.6) is 0 Å². The minimum absolute atomic E-state index is 0.0726. The molecule has 2 amide bonds. The normalized spacial score (nSPS) is 13.6. The fourth-order valence-electron chi connectivity index (χ4n) is 5.51. The number of carbonyl (C=O) groups is 2. The van der Waals surface area contributed by atoms with Gasteiger partial charge >= 0.3 is 0 Å². The standard InChI is InChI=1S/C31H33N3O3/c35-22-21-34-26-16-8-7-15-25(26)29(28(23-11-3-1-4-12-23)24-13-5-2-6-14-24)30(34)31(37)32-18-10-20-33-19-9-17-27(33)36/h1-8,11-16,28,35H,9-10,17-22H2,(H,32,37). The van der Waals surface area contributed by atoms with Crippen LogP contribution in [0, 0.1) is 0 Å². The summed E-state index contributed by atoms with van der Waals surface area (Å²) in [6, 6.07) is 28.5. The number of para-hydroxylation sites is 1. The molecule has 1 saturated heterocycles. The Balaban J connectivity index is 1.56. The number of nitrogens with one attached hydrogen (secondary N) is 1. The highest BCUT2D eigenvalue weighted by Gasteiger charge is 2.30. The van der Waals surface area contributed by atoms with Gasteiger partial charge in [0, 0.05) is 55.0 Å². The van der Waals surface area contributed by atoms with Crippen molar-refractivity contribution in [2.45, 2.75) is 31.7 Å². The van der Waals surface area contributed by atoms with Crippen LogP contribution in [0.15, 0.2) is 84.9 Å². The van der Waals surface area contributed by atoms with Gasteiger partial charge in [-0.1, -0.05) is 78.9 Å². The summed E-state index contributed by atoms with van der Waals surface area (Å²) < 4.78 is 1.95. The molecule has 0 aliphatic carbocycles. The molecule has 0 spiro atoms. The summed E-state index contributed by atoms with van der Waals surface area (Å²) in [6.07, 6.45) is 2.24. The largest absolute Gasteiger partial charge is 0.395 e. The van der Waals surface area contributed by atoms with Gasteiger partial charge in [0.15, 0.2) is 0 Å². The number of rotatable bonds is 10. The fourth-order valence-corrected chi connectivity index (χ4v) is 5.51. The van der Waals surface area contributed by atoms with E-state index in [-0.39, 0.29) is 24.3 Å². The third kappa shape index (κ3) is 5.16. The Morgan fingerprint density at radius 2 is 1.54 bits per heavy atom. The third-order valence-corrected chi connectivity index (χ3v) is 7.16. The quantitative estimate of drug-likeness (QED) is 0.317. The molecule has 1 aliphatic heterocycles. The van der Waals surface area contributed by atoms with Gasteiger partial charge in [-0.15, -0.1) is 0 Å². The Morgan fingerprint density at radius 3 is 2.16 bits per heavy atom. The minimum Gasteiger partial charge on any atom is -0.395 e. The highest BCUT2D eigenvalue weighted by molar-refractivity contribution is 6.02. The van der Waals surface area contributed by atoms with Gasteiger partial charge in [-0.2, -0.15) is 0 Å². The number of aliphatic hydroxyl groups is 1. The Labute approximate surface area is 217 Å². The first kappa shape index (κ1) is 24.8. The van der Waals surface area contributed by atoms with Crippen molar-refractivity contribution in [3.8, 4) is 0 Å². The molecule has 1 aliphatic rings.